The quantitative estimate of drug-likeness (QED) is 0.608. The van der Waals surface area contributed by atoms with Gasteiger partial charge in [0.05, 0.1) is 0 Å². The summed E-state index contributed by atoms with van der Waals surface area (Å²) >= 11 is 0. The molecule has 0 unspecified atom stereocenters. The molecule has 1 saturated heterocycles. The Morgan fingerprint density at radius 3 is 2.15 bits per heavy atom. The highest BCUT2D eigenvalue weighted by Crippen LogP contribution is 2.42. The maximum Gasteiger partial charge on any atom is 0.000829 e. The molecule has 13 heavy (non-hydrogen) atoms. The molecule has 2 rings (SSSR count). The van der Waals surface area contributed by atoms with E-state index in [1.165, 1.54) is 45.2 Å². The van der Waals surface area contributed by atoms with Crippen molar-refractivity contribution in [2.45, 2.75) is 52.9 Å². The summed E-state index contributed by atoms with van der Waals surface area (Å²) in [7, 11) is 0. The van der Waals surface area contributed by atoms with Crippen molar-refractivity contribution in [1.82, 2.24) is 5.32 Å². The fourth-order valence-electron chi connectivity index (χ4n) is 2.60. The molecule has 0 aromatic carbocycles. The molecular weight excluding hydrogens is 158 g/mol. The SMILES string of the molecule is CC.CC1CCC2(CCNC2)CC1. The average Bonchev–Trinajstić information content (AvgIpc) is 2.63. The number of nitrogens with one attached hydrogen (secondary N) is 1. The minimum atomic E-state index is 0.743. The van der Waals surface area contributed by atoms with Crippen LogP contribution < -0.4 is 5.32 Å². The lowest BCUT2D eigenvalue weighted by Gasteiger charge is -2.35. The summed E-state index contributed by atoms with van der Waals surface area (Å²) in [4.78, 5) is 0. The van der Waals surface area contributed by atoms with E-state index in [0.29, 0.717) is 0 Å². The Balaban J connectivity index is 0.000000396. The highest BCUT2D eigenvalue weighted by molar-refractivity contribution is 4.90. The van der Waals surface area contributed by atoms with Gasteiger partial charge in [0.2, 0.25) is 0 Å². The lowest BCUT2D eigenvalue weighted by atomic mass is 9.70. The van der Waals surface area contributed by atoms with Crippen LogP contribution in [0.3, 0.4) is 0 Å². The zero-order valence-electron chi connectivity index (χ0n) is 9.53. The molecule has 0 amide bonds. The van der Waals surface area contributed by atoms with Crippen molar-refractivity contribution in [2.75, 3.05) is 13.1 Å². The second-order valence-electron chi connectivity index (χ2n) is 4.61. The molecule has 78 valence electrons. The van der Waals surface area contributed by atoms with E-state index in [2.05, 4.69) is 12.2 Å². The van der Waals surface area contributed by atoms with E-state index < -0.39 is 0 Å². The lowest BCUT2D eigenvalue weighted by molar-refractivity contribution is 0.178. The third-order valence-electron chi connectivity index (χ3n) is 3.67. The predicted octanol–water partition coefficient (Wildman–Crippen LogP) is 3.20. The monoisotopic (exact) mass is 183 g/mol. The number of hydrogen-bond acceptors (Lipinski definition) is 1. The van der Waals surface area contributed by atoms with Gasteiger partial charge in [-0.05, 0) is 37.1 Å². The minimum absolute atomic E-state index is 0.743. The summed E-state index contributed by atoms with van der Waals surface area (Å²) in [5.41, 5.74) is 0.743. The van der Waals surface area contributed by atoms with Crippen molar-refractivity contribution in [3.8, 4) is 0 Å². The van der Waals surface area contributed by atoms with E-state index >= 15 is 0 Å². The molecule has 0 aromatic heterocycles. The third kappa shape index (κ3) is 2.70. The van der Waals surface area contributed by atoms with E-state index in [4.69, 9.17) is 0 Å². The maximum atomic E-state index is 3.50. The summed E-state index contributed by atoms with van der Waals surface area (Å²) in [6.07, 6.45) is 7.37. The summed E-state index contributed by atoms with van der Waals surface area (Å²) in [6.45, 7) is 8.98. The van der Waals surface area contributed by atoms with E-state index in [9.17, 15) is 0 Å². The smallest absolute Gasteiger partial charge is 0.000829 e. The standard InChI is InChI=1S/C10H19N.C2H6/c1-9-2-4-10(5-3-9)6-7-11-8-10;1-2/h9,11H,2-8H2,1H3;1-2H3. The van der Waals surface area contributed by atoms with Gasteiger partial charge in [0.25, 0.3) is 0 Å². The molecule has 1 nitrogen and oxygen atoms in total. The van der Waals surface area contributed by atoms with E-state index in [-0.39, 0.29) is 0 Å². The topological polar surface area (TPSA) is 12.0 Å². The second kappa shape index (κ2) is 4.99. The zero-order valence-corrected chi connectivity index (χ0v) is 9.53. The molecule has 1 aliphatic heterocycles. The Kier molecular flexibility index (Phi) is 4.24. The number of hydrogen-bond donors (Lipinski definition) is 1. The molecule has 2 aliphatic rings. The molecule has 0 aromatic rings. The van der Waals surface area contributed by atoms with Gasteiger partial charge >= 0.3 is 0 Å². The maximum absolute atomic E-state index is 3.50. The van der Waals surface area contributed by atoms with Gasteiger partial charge in [-0.1, -0.05) is 33.6 Å². The van der Waals surface area contributed by atoms with Crippen molar-refractivity contribution in [3.63, 3.8) is 0 Å². The minimum Gasteiger partial charge on any atom is -0.316 e. The Bertz CT molecular complexity index is 126. The first-order valence-corrected chi connectivity index (χ1v) is 6.02. The van der Waals surface area contributed by atoms with Crippen LogP contribution >= 0.6 is 0 Å². The summed E-state index contributed by atoms with van der Waals surface area (Å²) in [5, 5.41) is 3.50. The van der Waals surface area contributed by atoms with Gasteiger partial charge in [-0.3, -0.25) is 0 Å². The van der Waals surface area contributed by atoms with Gasteiger partial charge in [0, 0.05) is 6.54 Å². The van der Waals surface area contributed by atoms with Crippen molar-refractivity contribution in [1.29, 1.82) is 0 Å². The fraction of sp³-hybridized carbons (Fsp3) is 1.00. The third-order valence-corrected chi connectivity index (χ3v) is 3.67. The van der Waals surface area contributed by atoms with Crippen molar-refractivity contribution in [3.05, 3.63) is 0 Å². The molecule has 0 bridgehead atoms. The summed E-state index contributed by atoms with van der Waals surface area (Å²) in [5.74, 6) is 1.00. The first-order valence-electron chi connectivity index (χ1n) is 6.02. The van der Waals surface area contributed by atoms with Crippen molar-refractivity contribution < 1.29 is 0 Å². The van der Waals surface area contributed by atoms with Crippen molar-refractivity contribution in [2.24, 2.45) is 11.3 Å². The molecule has 0 atom stereocenters. The van der Waals surface area contributed by atoms with E-state index in [0.717, 1.165) is 11.3 Å². The van der Waals surface area contributed by atoms with Crippen LogP contribution in [0.1, 0.15) is 52.9 Å². The van der Waals surface area contributed by atoms with Crippen LogP contribution in [0, 0.1) is 11.3 Å². The summed E-state index contributed by atoms with van der Waals surface area (Å²) < 4.78 is 0. The van der Waals surface area contributed by atoms with Crippen LogP contribution in [0.25, 0.3) is 0 Å². The number of rotatable bonds is 0. The van der Waals surface area contributed by atoms with Gasteiger partial charge in [-0.25, -0.2) is 0 Å². The highest BCUT2D eigenvalue weighted by Gasteiger charge is 2.36. The van der Waals surface area contributed by atoms with Crippen LogP contribution in [0.15, 0.2) is 0 Å². The van der Waals surface area contributed by atoms with Crippen LogP contribution in [0.5, 0.6) is 0 Å². The van der Waals surface area contributed by atoms with Crippen LogP contribution in [0.4, 0.5) is 0 Å². The van der Waals surface area contributed by atoms with Gasteiger partial charge in [-0.2, -0.15) is 0 Å². The van der Waals surface area contributed by atoms with Crippen LogP contribution in [0.2, 0.25) is 0 Å². The Labute approximate surface area is 83.3 Å². The first-order chi connectivity index (χ1) is 6.31. The molecular formula is C12H25N. The van der Waals surface area contributed by atoms with Gasteiger partial charge in [-0.15, -0.1) is 0 Å². The van der Waals surface area contributed by atoms with Gasteiger partial charge < -0.3 is 5.32 Å². The molecule has 1 aliphatic carbocycles. The molecule has 1 heterocycles. The van der Waals surface area contributed by atoms with Gasteiger partial charge in [0.1, 0.15) is 0 Å². The normalized spacial score (nSPS) is 38.5. The second-order valence-corrected chi connectivity index (χ2v) is 4.61. The first kappa shape index (κ1) is 11.0. The molecule has 1 saturated carbocycles. The largest absolute Gasteiger partial charge is 0.316 e. The molecule has 1 N–H and O–H groups in total. The van der Waals surface area contributed by atoms with Gasteiger partial charge in [0.15, 0.2) is 0 Å². The Morgan fingerprint density at radius 1 is 1.08 bits per heavy atom. The van der Waals surface area contributed by atoms with E-state index in [1.807, 2.05) is 13.8 Å². The van der Waals surface area contributed by atoms with E-state index in [1.54, 1.807) is 0 Å². The van der Waals surface area contributed by atoms with Crippen molar-refractivity contribution >= 4 is 0 Å². The summed E-state index contributed by atoms with van der Waals surface area (Å²) in [6, 6.07) is 0. The molecule has 0 radical (unpaired) electrons. The molecule has 1 spiro atoms. The molecule has 1 heteroatoms. The lowest BCUT2D eigenvalue weighted by Crippen LogP contribution is -2.28. The van der Waals surface area contributed by atoms with Crippen LogP contribution in [-0.4, -0.2) is 13.1 Å². The zero-order chi connectivity index (χ0) is 9.73. The van der Waals surface area contributed by atoms with Crippen LogP contribution in [-0.2, 0) is 0 Å². The molecule has 2 fully saturated rings. The predicted molar refractivity (Wildman–Crippen MR) is 58.9 cm³/mol. The average molecular weight is 183 g/mol. The highest BCUT2D eigenvalue weighted by atomic mass is 14.9. The Morgan fingerprint density at radius 2 is 1.69 bits per heavy atom. The fourth-order valence-corrected chi connectivity index (χ4v) is 2.60. The Hall–Kier alpha value is -0.0400.